The molecule has 0 amide bonds. The first-order valence-corrected chi connectivity index (χ1v) is 7.78. The molecule has 2 rings (SSSR count). The number of pyridine rings is 1. The number of halogens is 1. The Kier molecular flexibility index (Phi) is 6.65. The van der Waals surface area contributed by atoms with E-state index in [2.05, 4.69) is 17.2 Å². The normalized spacial score (nSPS) is 12.0. The molecule has 6 heteroatoms. The van der Waals surface area contributed by atoms with Gasteiger partial charge >= 0.3 is 0 Å². The summed E-state index contributed by atoms with van der Waals surface area (Å²) in [6.45, 7) is 2.89. The standard InChI is InChI=1S/C17H21ClN2O3/c1-12(20-11-14-4-3-7-19-17(14)18)13-5-6-15(23-9-8-21)16(10-13)22-2/h3-7,10,12,20-21H,8-9,11H2,1-2H3. The lowest BCUT2D eigenvalue weighted by molar-refractivity contribution is 0.196. The van der Waals surface area contributed by atoms with Gasteiger partial charge in [0.1, 0.15) is 11.8 Å². The second kappa shape index (κ2) is 8.72. The van der Waals surface area contributed by atoms with E-state index in [1.54, 1.807) is 13.3 Å². The molecule has 0 aliphatic rings. The van der Waals surface area contributed by atoms with Crippen LogP contribution in [0.3, 0.4) is 0 Å². The van der Waals surface area contributed by atoms with Crippen molar-refractivity contribution in [3.63, 3.8) is 0 Å². The lowest BCUT2D eigenvalue weighted by atomic mass is 10.1. The molecule has 1 atom stereocenters. The largest absolute Gasteiger partial charge is 0.493 e. The summed E-state index contributed by atoms with van der Waals surface area (Å²) in [6, 6.07) is 9.66. The van der Waals surface area contributed by atoms with Crippen LogP contribution in [-0.4, -0.2) is 30.4 Å². The van der Waals surface area contributed by atoms with Crippen molar-refractivity contribution in [2.45, 2.75) is 19.5 Å². The van der Waals surface area contributed by atoms with Crippen LogP contribution in [0, 0.1) is 0 Å². The first-order chi connectivity index (χ1) is 11.2. The molecule has 2 aromatic rings. The number of hydrogen-bond donors (Lipinski definition) is 2. The second-order valence-corrected chi connectivity index (χ2v) is 5.40. The summed E-state index contributed by atoms with van der Waals surface area (Å²) in [5, 5.41) is 12.8. The summed E-state index contributed by atoms with van der Waals surface area (Å²) in [4.78, 5) is 4.07. The van der Waals surface area contributed by atoms with E-state index < -0.39 is 0 Å². The van der Waals surface area contributed by atoms with Crippen molar-refractivity contribution in [3.05, 3.63) is 52.8 Å². The zero-order valence-electron chi connectivity index (χ0n) is 13.3. The smallest absolute Gasteiger partial charge is 0.161 e. The van der Waals surface area contributed by atoms with Crippen molar-refractivity contribution in [2.75, 3.05) is 20.3 Å². The number of nitrogens with one attached hydrogen (secondary N) is 1. The molecule has 2 N–H and O–H groups in total. The number of aliphatic hydroxyl groups excluding tert-OH is 1. The van der Waals surface area contributed by atoms with E-state index in [0.29, 0.717) is 23.2 Å². The fourth-order valence-electron chi connectivity index (χ4n) is 2.16. The number of aromatic nitrogens is 1. The van der Waals surface area contributed by atoms with Gasteiger partial charge in [-0.05, 0) is 30.7 Å². The highest BCUT2D eigenvalue weighted by molar-refractivity contribution is 6.30. The van der Waals surface area contributed by atoms with Crippen molar-refractivity contribution >= 4 is 11.6 Å². The summed E-state index contributed by atoms with van der Waals surface area (Å²) in [5.41, 5.74) is 2.02. The van der Waals surface area contributed by atoms with Gasteiger partial charge in [-0.25, -0.2) is 4.98 Å². The van der Waals surface area contributed by atoms with Crippen LogP contribution in [0.2, 0.25) is 5.15 Å². The fraction of sp³-hybridized carbons (Fsp3) is 0.353. The maximum absolute atomic E-state index is 8.84. The number of benzene rings is 1. The van der Waals surface area contributed by atoms with Gasteiger partial charge in [-0.15, -0.1) is 0 Å². The Bertz CT molecular complexity index is 637. The SMILES string of the molecule is COc1cc(C(C)NCc2cccnc2Cl)ccc1OCCO. The second-order valence-electron chi connectivity index (χ2n) is 5.04. The zero-order valence-corrected chi connectivity index (χ0v) is 14.0. The number of aliphatic hydroxyl groups is 1. The summed E-state index contributed by atoms with van der Waals surface area (Å²) in [5.74, 6) is 1.26. The topological polar surface area (TPSA) is 63.6 Å². The summed E-state index contributed by atoms with van der Waals surface area (Å²) in [6.07, 6.45) is 1.67. The summed E-state index contributed by atoms with van der Waals surface area (Å²) < 4.78 is 10.8. The molecule has 0 bridgehead atoms. The molecule has 0 saturated heterocycles. The van der Waals surface area contributed by atoms with Crippen molar-refractivity contribution in [1.82, 2.24) is 10.3 Å². The Morgan fingerprint density at radius 2 is 2.13 bits per heavy atom. The van der Waals surface area contributed by atoms with Gasteiger partial charge in [-0.1, -0.05) is 23.7 Å². The Morgan fingerprint density at radius 3 is 2.83 bits per heavy atom. The molecule has 1 aromatic heterocycles. The number of ether oxygens (including phenoxy) is 2. The van der Waals surface area contributed by atoms with Gasteiger partial charge in [0.2, 0.25) is 0 Å². The van der Waals surface area contributed by atoms with E-state index in [1.165, 1.54) is 0 Å². The molecular weight excluding hydrogens is 316 g/mol. The fourth-order valence-corrected chi connectivity index (χ4v) is 2.35. The molecule has 1 heterocycles. The quantitative estimate of drug-likeness (QED) is 0.726. The third kappa shape index (κ3) is 4.82. The van der Waals surface area contributed by atoms with Crippen LogP contribution in [0.25, 0.3) is 0 Å². The average molecular weight is 337 g/mol. The Labute approximate surface area is 141 Å². The van der Waals surface area contributed by atoms with Gasteiger partial charge in [0, 0.05) is 24.3 Å². The third-order valence-corrected chi connectivity index (χ3v) is 3.81. The van der Waals surface area contributed by atoms with Crippen LogP contribution in [0.5, 0.6) is 11.5 Å². The van der Waals surface area contributed by atoms with Crippen LogP contribution in [-0.2, 0) is 6.54 Å². The van der Waals surface area contributed by atoms with Crippen molar-refractivity contribution in [2.24, 2.45) is 0 Å². The van der Waals surface area contributed by atoms with Crippen LogP contribution in [0.15, 0.2) is 36.5 Å². The zero-order chi connectivity index (χ0) is 16.7. The van der Waals surface area contributed by atoms with Crippen molar-refractivity contribution in [3.8, 4) is 11.5 Å². The minimum Gasteiger partial charge on any atom is -0.493 e. The lowest BCUT2D eigenvalue weighted by Gasteiger charge is -2.17. The summed E-state index contributed by atoms with van der Waals surface area (Å²) >= 11 is 6.06. The van der Waals surface area contributed by atoms with E-state index in [4.69, 9.17) is 26.2 Å². The van der Waals surface area contributed by atoms with Gasteiger partial charge in [0.25, 0.3) is 0 Å². The van der Waals surface area contributed by atoms with Crippen molar-refractivity contribution < 1.29 is 14.6 Å². The maximum Gasteiger partial charge on any atom is 0.161 e. The Hall–Kier alpha value is -1.82. The first-order valence-electron chi connectivity index (χ1n) is 7.40. The van der Waals surface area contributed by atoms with Crippen molar-refractivity contribution in [1.29, 1.82) is 0 Å². The highest BCUT2D eigenvalue weighted by Crippen LogP contribution is 2.30. The molecular formula is C17H21ClN2O3. The molecule has 0 spiro atoms. The van der Waals surface area contributed by atoms with E-state index >= 15 is 0 Å². The molecule has 0 saturated carbocycles. The van der Waals surface area contributed by atoms with E-state index in [-0.39, 0.29) is 19.3 Å². The number of rotatable bonds is 8. The lowest BCUT2D eigenvalue weighted by Crippen LogP contribution is -2.18. The van der Waals surface area contributed by atoms with Crippen LogP contribution < -0.4 is 14.8 Å². The molecule has 0 fully saturated rings. The van der Waals surface area contributed by atoms with Gasteiger partial charge in [0.15, 0.2) is 11.5 Å². The molecule has 0 aliphatic carbocycles. The minimum atomic E-state index is -0.0330. The Morgan fingerprint density at radius 1 is 1.30 bits per heavy atom. The van der Waals surface area contributed by atoms with Crippen LogP contribution >= 0.6 is 11.6 Å². The molecule has 1 aromatic carbocycles. The number of methoxy groups -OCH3 is 1. The third-order valence-electron chi connectivity index (χ3n) is 3.47. The molecule has 5 nitrogen and oxygen atoms in total. The van der Waals surface area contributed by atoms with E-state index in [0.717, 1.165) is 11.1 Å². The molecule has 23 heavy (non-hydrogen) atoms. The number of nitrogens with zero attached hydrogens (tertiary/aromatic N) is 1. The van der Waals surface area contributed by atoms with E-state index in [9.17, 15) is 0 Å². The van der Waals surface area contributed by atoms with Gasteiger partial charge < -0.3 is 19.9 Å². The average Bonchev–Trinajstić information content (AvgIpc) is 2.58. The minimum absolute atomic E-state index is 0.0330. The van der Waals surface area contributed by atoms with Gasteiger partial charge in [0.05, 0.1) is 13.7 Å². The highest BCUT2D eigenvalue weighted by atomic mass is 35.5. The van der Waals surface area contributed by atoms with E-state index in [1.807, 2.05) is 30.3 Å². The van der Waals surface area contributed by atoms with Gasteiger partial charge in [-0.2, -0.15) is 0 Å². The highest BCUT2D eigenvalue weighted by Gasteiger charge is 2.11. The van der Waals surface area contributed by atoms with Gasteiger partial charge in [-0.3, -0.25) is 0 Å². The molecule has 0 radical (unpaired) electrons. The van der Waals surface area contributed by atoms with Crippen LogP contribution in [0.1, 0.15) is 24.1 Å². The van der Waals surface area contributed by atoms with Crippen LogP contribution in [0.4, 0.5) is 0 Å². The predicted octanol–water partition coefficient (Wildman–Crippen LogP) is 2.97. The molecule has 1 unspecified atom stereocenters. The predicted molar refractivity (Wildman–Crippen MR) is 90.1 cm³/mol. The first kappa shape index (κ1) is 17.5. The maximum atomic E-state index is 8.84. The summed E-state index contributed by atoms with van der Waals surface area (Å²) in [7, 11) is 1.60. The molecule has 124 valence electrons. The molecule has 0 aliphatic heterocycles. The number of hydrogen-bond acceptors (Lipinski definition) is 5. The monoisotopic (exact) mass is 336 g/mol. The Balaban J connectivity index is 2.04.